The Bertz CT molecular complexity index is 1190. The molecule has 0 spiro atoms. The van der Waals surface area contributed by atoms with Gasteiger partial charge in [0.15, 0.2) is 5.78 Å². The quantitative estimate of drug-likeness (QED) is 0.527. The second-order valence-electron chi connectivity index (χ2n) is 9.45. The van der Waals surface area contributed by atoms with Crippen LogP contribution in [0.4, 0.5) is 0 Å². The van der Waals surface area contributed by atoms with Crippen LogP contribution in [0.2, 0.25) is 0 Å². The van der Waals surface area contributed by atoms with Crippen LogP contribution in [0.5, 0.6) is 11.5 Å². The lowest BCUT2D eigenvalue weighted by Gasteiger charge is -2.37. The van der Waals surface area contributed by atoms with Crippen molar-refractivity contribution in [2.24, 2.45) is 0 Å². The van der Waals surface area contributed by atoms with E-state index >= 15 is 0 Å². The highest BCUT2D eigenvalue weighted by molar-refractivity contribution is 7.10. The number of dihydropyridines is 1. The number of ketones is 1. The molecule has 0 amide bonds. The monoisotopic (exact) mass is 493 g/mol. The summed E-state index contributed by atoms with van der Waals surface area (Å²) in [5.41, 5.74) is 3.45. The van der Waals surface area contributed by atoms with Crippen LogP contribution in [-0.4, -0.2) is 32.1 Å². The highest BCUT2D eigenvalue weighted by atomic mass is 32.1. The molecule has 2 atom stereocenters. The zero-order valence-corrected chi connectivity index (χ0v) is 21.2. The summed E-state index contributed by atoms with van der Waals surface area (Å²) in [6, 6.07) is 9.63. The average molecular weight is 494 g/mol. The van der Waals surface area contributed by atoms with Gasteiger partial charge in [0.2, 0.25) is 0 Å². The van der Waals surface area contributed by atoms with Crippen LogP contribution >= 0.6 is 11.3 Å². The van der Waals surface area contributed by atoms with Gasteiger partial charge in [-0.15, -0.1) is 11.3 Å². The number of thiophene rings is 1. The minimum Gasteiger partial charge on any atom is -0.497 e. The molecule has 5 rings (SSSR count). The van der Waals surface area contributed by atoms with Crippen molar-refractivity contribution in [2.75, 3.05) is 14.2 Å². The van der Waals surface area contributed by atoms with Gasteiger partial charge in [0.25, 0.3) is 0 Å². The molecule has 7 heteroatoms. The third-order valence-electron chi connectivity index (χ3n) is 7.32. The molecular weight excluding hydrogens is 462 g/mol. The molecule has 1 aliphatic heterocycles. The number of Topliss-reactive ketones (excluding diaryl/α,β-unsaturated/α-hetero) is 1. The first-order chi connectivity index (χ1) is 17.0. The van der Waals surface area contributed by atoms with Crippen LogP contribution in [0.1, 0.15) is 67.7 Å². The van der Waals surface area contributed by atoms with Crippen LogP contribution in [0.3, 0.4) is 0 Å². The van der Waals surface area contributed by atoms with Crippen molar-refractivity contribution in [2.45, 2.75) is 63.4 Å². The van der Waals surface area contributed by atoms with Crippen molar-refractivity contribution < 1.29 is 23.8 Å². The molecule has 1 aromatic carbocycles. The Hall–Kier alpha value is -3.06. The number of hydrogen-bond donors (Lipinski definition) is 1. The SMILES string of the molecule is COc1ccc(OC)c([C@H]2C(C(=O)OC3CCCC3)=C(C)NC3=C2C(=O)C[C@H](c2cccs2)C3)c1. The number of hydrogen-bond acceptors (Lipinski definition) is 7. The van der Waals surface area contributed by atoms with E-state index in [-0.39, 0.29) is 23.8 Å². The first kappa shape index (κ1) is 23.7. The van der Waals surface area contributed by atoms with E-state index in [0.717, 1.165) is 42.6 Å². The summed E-state index contributed by atoms with van der Waals surface area (Å²) in [5, 5.41) is 5.48. The molecule has 1 aromatic heterocycles. The molecule has 2 heterocycles. The Morgan fingerprint density at radius 1 is 1.09 bits per heavy atom. The number of allylic oxidation sites excluding steroid dienone is 3. The standard InChI is InChI=1S/C28H31NO5S/c1-16-25(28(31)34-18-7-4-5-8-18)26(20-15-19(32-2)10-11-23(20)33-3)27-21(29-16)13-17(14-22(27)30)24-9-6-12-35-24/h6,9-12,15,17-18,26,29H,4-5,7-8,13-14H2,1-3H3/t17-,26+/m1/s1. The molecule has 35 heavy (non-hydrogen) atoms. The van der Waals surface area contributed by atoms with Gasteiger partial charge in [-0.2, -0.15) is 0 Å². The number of carbonyl (C=O) groups excluding carboxylic acids is 2. The first-order valence-electron chi connectivity index (χ1n) is 12.2. The molecule has 6 nitrogen and oxygen atoms in total. The molecule has 1 saturated carbocycles. The number of esters is 1. The van der Waals surface area contributed by atoms with Crippen molar-refractivity contribution >= 4 is 23.1 Å². The second kappa shape index (κ2) is 9.90. The van der Waals surface area contributed by atoms with Crippen LogP contribution in [-0.2, 0) is 14.3 Å². The molecule has 184 valence electrons. The average Bonchev–Trinajstić information content (AvgIpc) is 3.57. The summed E-state index contributed by atoms with van der Waals surface area (Å²) in [7, 11) is 3.21. The van der Waals surface area contributed by atoms with Crippen molar-refractivity contribution in [3.05, 3.63) is 68.7 Å². The van der Waals surface area contributed by atoms with E-state index < -0.39 is 5.92 Å². The molecule has 1 N–H and O–H groups in total. The number of carbonyl (C=O) groups is 2. The van der Waals surface area contributed by atoms with Gasteiger partial charge in [0.05, 0.1) is 25.7 Å². The van der Waals surface area contributed by atoms with Gasteiger partial charge in [0.1, 0.15) is 17.6 Å². The molecule has 2 aromatic rings. The van der Waals surface area contributed by atoms with E-state index in [1.54, 1.807) is 25.6 Å². The van der Waals surface area contributed by atoms with Crippen LogP contribution in [0.15, 0.2) is 58.3 Å². The molecule has 0 saturated heterocycles. The summed E-state index contributed by atoms with van der Waals surface area (Å²) in [5.74, 6) is 0.477. The fourth-order valence-electron chi connectivity index (χ4n) is 5.63. The Kier molecular flexibility index (Phi) is 6.69. The smallest absolute Gasteiger partial charge is 0.337 e. The summed E-state index contributed by atoms with van der Waals surface area (Å²) >= 11 is 1.68. The largest absolute Gasteiger partial charge is 0.497 e. The lowest BCUT2D eigenvalue weighted by Crippen LogP contribution is -2.36. The number of methoxy groups -OCH3 is 2. The van der Waals surface area contributed by atoms with E-state index in [4.69, 9.17) is 14.2 Å². The van der Waals surface area contributed by atoms with Crippen molar-refractivity contribution in [3.63, 3.8) is 0 Å². The van der Waals surface area contributed by atoms with Gasteiger partial charge >= 0.3 is 5.97 Å². The predicted octanol–water partition coefficient (Wildman–Crippen LogP) is 5.61. The minimum atomic E-state index is -0.581. The number of benzene rings is 1. The lowest BCUT2D eigenvalue weighted by atomic mass is 9.72. The van der Waals surface area contributed by atoms with Gasteiger partial charge in [-0.3, -0.25) is 4.79 Å². The van der Waals surface area contributed by atoms with E-state index in [9.17, 15) is 9.59 Å². The Labute approximate surface area is 210 Å². The molecule has 0 radical (unpaired) electrons. The lowest BCUT2D eigenvalue weighted by molar-refractivity contribution is -0.144. The van der Waals surface area contributed by atoms with E-state index in [2.05, 4.69) is 11.4 Å². The number of rotatable bonds is 6. The fraction of sp³-hybridized carbons (Fsp3) is 0.429. The van der Waals surface area contributed by atoms with E-state index in [0.29, 0.717) is 35.5 Å². The van der Waals surface area contributed by atoms with Gasteiger partial charge in [-0.25, -0.2) is 4.79 Å². The third kappa shape index (κ3) is 4.49. The van der Waals surface area contributed by atoms with Gasteiger partial charge in [-0.05, 0) is 68.7 Å². The summed E-state index contributed by atoms with van der Waals surface area (Å²) < 4.78 is 17.2. The fourth-order valence-corrected chi connectivity index (χ4v) is 6.46. The van der Waals surface area contributed by atoms with E-state index in [1.807, 2.05) is 36.6 Å². The van der Waals surface area contributed by atoms with Crippen molar-refractivity contribution in [1.82, 2.24) is 5.32 Å². The maximum Gasteiger partial charge on any atom is 0.337 e. The molecule has 0 unspecified atom stereocenters. The summed E-state index contributed by atoms with van der Waals surface area (Å²) in [6.45, 7) is 1.90. The van der Waals surface area contributed by atoms with Crippen LogP contribution in [0.25, 0.3) is 0 Å². The highest BCUT2D eigenvalue weighted by Crippen LogP contribution is 2.49. The van der Waals surface area contributed by atoms with Crippen molar-refractivity contribution in [1.29, 1.82) is 0 Å². The van der Waals surface area contributed by atoms with Gasteiger partial charge in [0, 0.05) is 39.7 Å². The van der Waals surface area contributed by atoms with Gasteiger partial charge < -0.3 is 19.5 Å². The van der Waals surface area contributed by atoms with Gasteiger partial charge in [-0.1, -0.05) is 6.07 Å². The maximum atomic E-state index is 13.8. The molecule has 1 fully saturated rings. The van der Waals surface area contributed by atoms with Crippen LogP contribution < -0.4 is 14.8 Å². The molecule has 3 aliphatic rings. The van der Waals surface area contributed by atoms with E-state index in [1.165, 1.54) is 4.88 Å². The Morgan fingerprint density at radius 3 is 2.57 bits per heavy atom. The first-order valence-corrected chi connectivity index (χ1v) is 13.1. The zero-order valence-electron chi connectivity index (χ0n) is 20.4. The summed E-state index contributed by atoms with van der Waals surface area (Å²) in [4.78, 5) is 28.6. The molecule has 0 bridgehead atoms. The third-order valence-corrected chi connectivity index (χ3v) is 8.35. The minimum absolute atomic E-state index is 0.0469. The van der Waals surface area contributed by atoms with Crippen LogP contribution in [0, 0.1) is 0 Å². The maximum absolute atomic E-state index is 13.8. The zero-order chi connectivity index (χ0) is 24.5. The molecular formula is C28H31NO5S. The Morgan fingerprint density at radius 2 is 1.89 bits per heavy atom. The molecule has 2 aliphatic carbocycles. The topological polar surface area (TPSA) is 73.9 Å². The normalized spacial score (nSPS) is 22.7. The predicted molar refractivity (Wildman–Crippen MR) is 135 cm³/mol. The second-order valence-corrected chi connectivity index (χ2v) is 10.4. The highest BCUT2D eigenvalue weighted by Gasteiger charge is 2.43. The summed E-state index contributed by atoms with van der Waals surface area (Å²) in [6.07, 6.45) is 4.96. The Balaban J connectivity index is 1.61. The van der Waals surface area contributed by atoms with Crippen molar-refractivity contribution in [3.8, 4) is 11.5 Å². The number of nitrogens with one attached hydrogen (secondary N) is 1. The number of ether oxygens (including phenoxy) is 3.